The van der Waals surface area contributed by atoms with Crippen molar-refractivity contribution in [2.24, 2.45) is 0 Å². The van der Waals surface area contributed by atoms with Crippen LogP contribution in [0.25, 0.3) is 0 Å². The molecule has 0 spiro atoms. The number of anilines is 1. The van der Waals surface area contributed by atoms with Gasteiger partial charge in [-0.15, -0.1) is 0 Å². The summed E-state index contributed by atoms with van der Waals surface area (Å²) in [6.07, 6.45) is 0.647. The summed E-state index contributed by atoms with van der Waals surface area (Å²) in [5.74, 6) is 0.00950. The molecule has 2 rings (SSSR count). The molecule has 20 heavy (non-hydrogen) atoms. The first kappa shape index (κ1) is 14.6. The molecule has 0 aliphatic heterocycles. The van der Waals surface area contributed by atoms with Crippen LogP contribution in [0, 0.1) is 0 Å². The topological polar surface area (TPSA) is 72.2 Å². The Morgan fingerprint density at radius 3 is 2.20 bits per heavy atom. The van der Waals surface area contributed by atoms with E-state index in [1.807, 2.05) is 42.5 Å². The van der Waals surface area contributed by atoms with Gasteiger partial charge in [0, 0.05) is 12.2 Å². The molecule has 0 aromatic heterocycles. The van der Waals surface area contributed by atoms with Gasteiger partial charge in [-0.05, 0) is 29.7 Å². The van der Waals surface area contributed by atoms with Crippen LogP contribution in [0.2, 0.25) is 0 Å². The minimum absolute atomic E-state index is 0.00950. The Labute approximate surface area is 119 Å². The summed E-state index contributed by atoms with van der Waals surface area (Å²) < 4.78 is 26.4. The third kappa shape index (κ3) is 4.68. The Balaban J connectivity index is 1.85. The molecule has 2 aromatic carbocycles. The van der Waals surface area contributed by atoms with E-state index in [0.29, 0.717) is 18.7 Å². The average molecular weight is 290 g/mol. The van der Waals surface area contributed by atoms with Gasteiger partial charge in [-0.2, -0.15) is 0 Å². The maximum atomic E-state index is 11.9. The van der Waals surface area contributed by atoms with Gasteiger partial charge in [-0.25, -0.2) is 13.1 Å². The fourth-order valence-electron chi connectivity index (χ4n) is 1.88. The van der Waals surface area contributed by atoms with Crippen LogP contribution in [0.4, 0.5) is 5.69 Å². The van der Waals surface area contributed by atoms with Crippen molar-refractivity contribution < 1.29 is 8.42 Å². The van der Waals surface area contributed by atoms with Crippen molar-refractivity contribution in [2.45, 2.75) is 12.2 Å². The summed E-state index contributed by atoms with van der Waals surface area (Å²) in [7, 11) is -3.29. The summed E-state index contributed by atoms with van der Waals surface area (Å²) >= 11 is 0. The highest BCUT2D eigenvalue weighted by atomic mass is 32.2. The van der Waals surface area contributed by atoms with Crippen LogP contribution in [0.1, 0.15) is 11.1 Å². The minimum Gasteiger partial charge on any atom is -0.399 e. The number of nitrogen functional groups attached to an aromatic ring is 1. The number of nitrogens with one attached hydrogen (secondary N) is 1. The Morgan fingerprint density at radius 2 is 1.55 bits per heavy atom. The second-order valence-corrected chi connectivity index (χ2v) is 6.44. The first-order valence-corrected chi connectivity index (χ1v) is 8.06. The third-order valence-electron chi connectivity index (χ3n) is 2.91. The lowest BCUT2D eigenvalue weighted by Crippen LogP contribution is -2.27. The molecule has 0 unspecified atom stereocenters. The van der Waals surface area contributed by atoms with Crippen molar-refractivity contribution in [3.05, 3.63) is 65.7 Å². The molecule has 0 fully saturated rings. The predicted octanol–water partition coefficient (Wildman–Crippen LogP) is 1.93. The van der Waals surface area contributed by atoms with E-state index >= 15 is 0 Å². The van der Waals surface area contributed by atoms with E-state index in [-0.39, 0.29) is 5.75 Å². The molecule has 0 saturated heterocycles. The van der Waals surface area contributed by atoms with Gasteiger partial charge in [0.2, 0.25) is 10.0 Å². The molecule has 2 aromatic rings. The van der Waals surface area contributed by atoms with Crippen LogP contribution in [0.5, 0.6) is 0 Å². The normalized spacial score (nSPS) is 11.4. The van der Waals surface area contributed by atoms with Gasteiger partial charge in [0.15, 0.2) is 0 Å². The molecule has 3 N–H and O–H groups in total. The zero-order valence-electron chi connectivity index (χ0n) is 11.1. The van der Waals surface area contributed by atoms with Crippen molar-refractivity contribution in [3.63, 3.8) is 0 Å². The van der Waals surface area contributed by atoms with Crippen LogP contribution in [-0.4, -0.2) is 15.0 Å². The Kier molecular flexibility index (Phi) is 4.76. The Hall–Kier alpha value is -1.85. The highest BCUT2D eigenvalue weighted by Crippen LogP contribution is 2.07. The molecule has 0 aliphatic rings. The zero-order valence-corrected chi connectivity index (χ0v) is 11.9. The molecular formula is C15H18N2O2S. The van der Waals surface area contributed by atoms with Gasteiger partial charge >= 0.3 is 0 Å². The van der Waals surface area contributed by atoms with Crippen LogP contribution < -0.4 is 10.5 Å². The van der Waals surface area contributed by atoms with Crippen molar-refractivity contribution in [2.75, 3.05) is 12.3 Å². The number of hydrogen-bond donors (Lipinski definition) is 2. The number of benzene rings is 2. The fourth-order valence-corrected chi connectivity index (χ4v) is 3.03. The molecule has 5 heteroatoms. The lowest BCUT2D eigenvalue weighted by molar-refractivity contribution is 0.581. The van der Waals surface area contributed by atoms with E-state index in [9.17, 15) is 8.42 Å². The number of sulfonamides is 1. The SMILES string of the molecule is Nc1ccc(CCNS(=O)(=O)Cc2ccccc2)cc1. The van der Waals surface area contributed by atoms with E-state index in [2.05, 4.69) is 4.72 Å². The van der Waals surface area contributed by atoms with Crippen molar-refractivity contribution >= 4 is 15.7 Å². The molecule has 0 radical (unpaired) electrons. The molecular weight excluding hydrogens is 272 g/mol. The van der Waals surface area contributed by atoms with Gasteiger partial charge in [-0.3, -0.25) is 0 Å². The van der Waals surface area contributed by atoms with E-state index in [0.717, 1.165) is 11.1 Å². The molecule has 0 saturated carbocycles. The molecule has 4 nitrogen and oxygen atoms in total. The number of rotatable bonds is 6. The van der Waals surface area contributed by atoms with Crippen LogP contribution >= 0.6 is 0 Å². The van der Waals surface area contributed by atoms with E-state index in [1.165, 1.54) is 0 Å². The zero-order chi connectivity index (χ0) is 14.4. The van der Waals surface area contributed by atoms with E-state index in [4.69, 9.17) is 5.73 Å². The van der Waals surface area contributed by atoms with Crippen molar-refractivity contribution in [1.82, 2.24) is 4.72 Å². The van der Waals surface area contributed by atoms with Crippen LogP contribution in [0.3, 0.4) is 0 Å². The van der Waals surface area contributed by atoms with Gasteiger partial charge in [0.25, 0.3) is 0 Å². The van der Waals surface area contributed by atoms with Gasteiger partial charge < -0.3 is 5.73 Å². The minimum atomic E-state index is -3.29. The summed E-state index contributed by atoms with van der Waals surface area (Å²) in [6.45, 7) is 0.388. The maximum Gasteiger partial charge on any atom is 0.215 e. The highest BCUT2D eigenvalue weighted by molar-refractivity contribution is 7.88. The fraction of sp³-hybridized carbons (Fsp3) is 0.200. The van der Waals surface area contributed by atoms with Crippen molar-refractivity contribution in [1.29, 1.82) is 0 Å². The monoisotopic (exact) mass is 290 g/mol. The smallest absolute Gasteiger partial charge is 0.215 e. The van der Waals surface area contributed by atoms with Gasteiger partial charge in [0.05, 0.1) is 5.75 Å². The lowest BCUT2D eigenvalue weighted by atomic mass is 10.1. The molecule has 0 heterocycles. The highest BCUT2D eigenvalue weighted by Gasteiger charge is 2.10. The Bertz CT molecular complexity index is 637. The lowest BCUT2D eigenvalue weighted by Gasteiger charge is -2.07. The summed E-state index contributed by atoms with van der Waals surface area (Å²) in [5.41, 5.74) is 8.15. The summed E-state index contributed by atoms with van der Waals surface area (Å²) in [6, 6.07) is 16.6. The third-order valence-corrected chi connectivity index (χ3v) is 4.27. The van der Waals surface area contributed by atoms with Crippen LogP contribution in [0.15, 0.2) is 54.6 Å². The summed E-state index contributed by atoms with van der Waals surface area (Å²) in [4.78, 5) is 0. The van der Waals surface area contributed by atoms with Gasteiger partial charge in [0.1, 0.15) is 0 Å². The number of hydrogen-bond acceptors (Lipinski definition) is 3. The first-order chi connectivity index (χ1) is 9.55. The predicted molar refractivity (Wildman–Crippen MR) is 81.6 cm³/mol. The van der Waals surface area contributed by atoms with E-state index in [1.54, 1.807) is 12.1 Å². The molecule has 0 amide bonds. The summed E-state index contributed by atoms with van der Waals surface area (Å²) in [5, 5.41) is 0. The number of nitrogens with two attached hydrogens (primary N) is 1. The maximum absolute atomic E-state index is 11.9. The van der Waals surface area contributed by atoms with Crippen LogP contribution in [-0.2, 0) is 22.2 Å². The van der Waals surface area contributed by atoms with Gasteiger partial charge in [-0.1, -0.05) is 42.5 Å². The molecule has 0 atom stereocenters. The molecule has 0 bridgehead atoms. The molecule has 106 valence electrons. The van der Waals surface area contributed by atoms with Crippen molar-refractivity contribution in [3.8, 4) is 0 Å². The first-order valence-electron chi connectivity index (χ1n) is 6.41. The van der Waals surface area contributed by atoms with E-state index < -0.39 is 10.0 Å². The largest absolute Gasteiger partial charge is 0.399 e. The average Bonchev–Trinajstić information content (AvgIpc) is 2.41. The second kappa shape index (κ2) is 6.54. The standard InChI is InChI=1S/C15H18N2O2S/c16-15-8-6-13(7-9-15)10-11-17-20(18,19)12-14-4-2-1-3-5-14/h1-9,17H,10-12,16H2. The quantitative estimate of drug-likeness (QED) is 0.799. The second-order valence-electron chi connectivity index (χ2n) is 4.63. The Morgan fingerprint density at radius 1 is 0.900 bits per heavy atom. The molecule has 0 aliphatic carbocycles.